The number of hydrogen-bond acceptors (Lipinski definition) is 11. The number of pyridine rings is 1. The average Bonchev–Trinajstić information content (AvgIpc) is 3.38. The fourth-order valence-corrected chi connectivity index (χ4v) is 5.59. The van der Waals surface area contributed by atoms with Crippen LogP contribution < -0.4 is 19.7 Å². The standard InChI is InChI=1S/C31H40ClN7O7/c1-7-44-29(41)23-18-37(11-10-36(23)5)9-8-33-28(40)27-19-17-34-26(32)16-20(19)39(35-27)22-15-25-21(14-24(22)43-6)38(12-13-45-25)30(42)46-31(2,3)4/h14-17,23H,7-13,18H2,1-6H3,(H,33,40). The number of carbonyl (C=O) groups is 3. The third-order valence-corrected chi connectivity index (χ3v) is 7.92. The van der Waals surface area contributed by atoms with Gasteiger partial charge in [0.2, 0.25) is 0 Å². The molecule has 1 unspecified atom stereocenters. The van der Waals surface area contributed by atoms with E-state index in [9.17, 15) is 14.4 Å². The third-order valence-electron chi connectivity index (χ3n) is 7.72. The van der Waals surface area contributed by atoms with Crippen LogP contribution in [0.4, 0.5) is 10.5 Å². The van der Waals surface area contributed by atoms with Gasteiger partial charge in [0, 0.05) is 57.1 Å². The van der Waals surface area contributed by atoms with Gasteiger partial charge in [0.05, 0.1) is 36.9 Å². The van der Waals surface area contributed by atoms with E-state index >= 15 is 0 Å². The van der Waals surface area contributed by atoms with Crippen LogP contribution in [0.5, 0.6) is 11.5 Å². The normalized spacial score (nSPS) is 17.3. The van der Waals surface area contributed by atoms with Crippen LogP contribution in [0.15, 0.2) is 24.4 Å². The first kappa shape index (κ1) is 33.2. The van der Waals surface area contributed by atoms with Gasteiger partial charge in [-0.1, -0.05) is 11.6 Å². The number of carbonyl (C=O) groups excluding carboxylic acids is 3. The van der Waals surface area contributed by atoms with Crippen molar-refractivity contribution in [3.8, 4) is 17.2 Å². The van der Waals surface area contributed by atoms with E-state index in [-0.39, 0.29) is 29.5 Å². The first-order chi connectivity index (χ1) is 21.9. The smallest absolute Gasteiger partial charge is 0.415 e. The number of fused-ring (bicyclic) bond motifs is 2. The van der Waals surface area contributed by atoms with E-state index in [4.69, 9.17) is 30.5 Å². The van der Waals surface area contributed by atoms with Crippen molar-refractivity contribution < 1.29 is 33.3 Å². The molecule has 15 heteroatoms. The molecular weight excluding hydrogens is 618 g/mol. The maximum atomic E-state index is 13.5. The number of nitrogens with zero attached hydrogens (tertiary/aromatic N) is 6. The summed E-state index contributed by atoms with van der Waals surface area (Å²) >= 11 is 6.29. The summed E-state index contributed by atoms with van der Waals surface area (Å²) in [4.78, 5) is 48.7. The molecule has 2 aliphatic heterocycles. The van der Waals surface area contributed by atoms with E-state index in [2.05, 4.69) is 20.3 Å². The van der Waals surface area contributed by atoms with Gasteiger partial charge in [0.1, 0.15) is 40.6 Å². The number of ether oxygens (including phenoxy) is 4. The van der Waals surface area contributed by atoms with Gasteiger partial charge in [-0.15, -0.1) is 0 Å². The van der Waals surface area contributed by atoms with Gasteiger partial charge in [-0.3, -0.25) is 24.3 Å². The minimum atomic E-state index is -0.673. The van der Waals surface area contributed by atoms with E-state index in [0.29, 0.717) is 73.1 Å². The Morgan fingerprint density at radius 1 is 1.13 bits per heavy atom. The van der Waals surface area contributed by atoms with Gasteiger partial charge < -0.3 is 24.3 Å². The van der Waals surface area contributed by atoms with Crippen molar-refractivity contribution in [2.24, 2.45) is 0 Å². The number of amides is 2. The van der Waals surface area contributed by atoms with Crippen LogP contribution in [0.1, 0.15) is 38.2 Å². The Labute approximate surface area is 272 Å². The Balaban J connectivity index is 1.39. The van der Waals surface area contributed by atoms with Crippen molar-refractivity contribution in [3.05, 3.63) is 35.2 Å². The number of halogens is 1. The zero-order chi connectivity index (χ0) is 33.2. The molecule has 2 aromatic heterocycles. The fourth-order valence-electron chi connectivity index (χ4n) is 5.44. The SMILES string of the molecule is CCOC(=O)C1CN(CCNC(=O)c2nn(-c3cc4c(cc3OC)N(C(=O)OC(C)(C)C)CCO4)c3cc(Cl)ncc23)CCN1C. The number of anilines is 1. The first-order valence-corrected chi connectivity index (χ1v) is 15.6. The summed E-state index contributed by atoms with van der Waals surface area (Å²) < 4.78 is 24.1. The van der Waals surface area contributed by atoms with Gasteiger partial charge >= 0.3 is 12.1 Å². The van der Waals surface area contributed by atoms with E-state index in [1.807, 2.05) is 11.9 Å². The Bertz CT molecular complexity index is 1620. The van der Waals surface area contributed by atoms with Gasteiger partial charge in [-0.2, -0.15) is 5.10 Å². The summed E-state index contributed by atoms with van der Waals surface area (Å²) in [6.45, 7) is 11.0. The maximum Gasteiger partial charge on any atom is 0.415 e. The number of likely N-dealkylation sites (N-methyl/N-ethyl adjacent to an activating group) is 1. The molecule has 1 saturated heterocycles. The second-order valence-corrected chi connectivity index (χ2v) is 12.4. The summed E-state index contributed by atoms with van der Waals surface area (Å²) in [5.74, 6) is 0.167. The maximum absolute atomic E-state index is 13.5. The van der Waals surface area contributed by atoms with Crippen LogP contribution in [0, 0.1) is 0 Å². The van der Waals surface area contributed by atoms with Gasteiger partial charge in [0.15, 0.2) is 5.69 Å². The molecule has 0 radical (unpaired) electrons. The molecular formula is C31H40ClN7O7. The Hall–Kier alpha value is -4.14. The molecule has 3 aromatic rings. The van der Waals surface area contributed by atoms with E-state index in [1.54, 1.807) is 50.6 Å². The number of rotatable bonds is 8. The van der Waals surface area contributed by atoms with E-state index in [1.165, 1.54) is 18.2 Å². The Morgan fingerprint density at radius 2 is 1.91 bits per heavy atom. The monoisotopic (exact) mass is 657 g/mol. The van der Waals surface area contributed by atoms with Crippen molar-refractivity contribution in [1.29, 1.82) is 0 Å². The van der Waals surface area contributed by atoms with Crippen LogP contribution in [0.3, 0.4) is 0 Å². The number of hydrogen-bond donors (Lipinski definition) is 1. The lowest BCUT2D eigenvalue weighted by molar-refractivity contribution is -0.151. The zero-order valence-electron chi connectivity index (χ0n) is 27.0. The summed E-state index contributed by atoms with van der Waals surface area (Å²) in [5.41, 5.74) is 0.968. The lowest BCUT2D eigenvalue weighted by atomic mass is 10.2. The predicted molar refractivity (Wildman–Crippen MR) is 171 cm³/mol. The third kappa shape index (κ3) is 7.13. The molecule has 1 fully saturated rings. The lowest BCUT2D eigenvalue weighted by Crippen LogP contribution is -2.56. The Kier molecular flexibility index (Phi) is 9.89. The Morgan fingerprint density at radius 3 is 2.63 bits per heavy atom. The number of methoxy groups -OCH3 is 1. The highest BCUT2D eigenvalue weighted by Crippen LogP contribution is 2.41. The molecule has 0 aliphatic carbocycles. The summed E-state index contributed by atoms with van der Waals surface area (Å²) in [6.07, 6.45) is 1.01. The van der Waals surface area contributed by atoms with E-state index < -0.39 is 17.6 Å². The first-order valence-electron chi connectivity index (χ1n) is 15.2. The van der Waals surface area contributed by atoms with Crippen molar-refractivity contribution in [1.82, 2.24) is 29.9 Å². The van der Waals surface area contributed by atoms with Crippen LogP contribution in [-0.2, 0) is 14.3 Å². The molecule has 5 rings (SSSR count). The molecule has 0 bridgehead atoms. The second kappa shape index (κ2) is 13.7. The topological polar surface area (TPSA) is 141 Å². The summed E-state index contributed by atoms with van der Waals surface area (Å²) in [7, 11) is 3.41. The fraction of sp³-hybridized carbons (Fsp3) is 0.516. The molecule has 14 nitrogen and oxygen atoms in total. The molecule has 4 heterocycles. The van der Waals surface area contributed by atoms with E-state index in [0.717, 1.165) is 6.54 Å². The average molecular weight is 658 g/mol. The van der Waals surface area contributed by atoms with Crippen molar-refractivity contribution in [3.63, 3.8) is 0 Å². The summed E-state index contributed by atoms with van der Waals surface area (Å²) in [5, 5.41) is 8.33. The van der Waals surface area contributed by atoms with Crippen molar-refractivity contribution >= 4 is 46.2 Å². The number of benzene rings is 1. The molecule has 1 N–H and O–H groups in total. The van der Waals surface area contributed by atoms with Gasteiger partial charge in [-0.25, -0.2) is 14.5 Å². The predicted octanol–water partition coefficient (Wildman–Crippen LogP) is 3.13. The highest BCUT2D eigenvalue weighted by atomic mass is 35.5. The number of aromatic nitrogens is 3. The van der Waals surface area contributed by atoms with Crippen molar-refractivity contribution in [2.45, 2.75) is 39.3 Å². The molecule has 1 aromatic carbocycles. The van der Waals surface area contributed by atoms with Crippen LogP contribution >= 0.6 is 11.6 Å². The lowest BCUT2D eigenvalue weighted by Gasteiger charge is -2.37. The molecule has 46 heavy (non-hydrogen) atoms. The highest BCUT2D eigenvalue weighted by Gasteiger charge is 2.32. The molecule has 2 aliphatic rings. The molecule has 0 saturated carbocycles. The van der Waals surface area contributed by atoms with Gasteiger partial charge in [0.25, 0.3) is 5.91 Å². The largest absolute Gasteiger partial charge is 0.494 e. The second-order valence-electron chi connectivity index (χ2n) is 12.1. The minimum Gasteiger partial charge on any atom is -0.494 e. The molecule has 0 spiro atoms. The quantitative estimate of drug-likeness (QED) is 0.282. The molecule has 2 amide bonds. The highest BCUT2D eigenvalue weighted by molar-refractivity contribution is 6.30. The van der Waals surface area contributed by atoms with Crippen LogP contribution in [0.25, 0.3) is 16.6 Å². The van der Waals surface area contributed by atoms with Gasteiger partial charge in [-0.05, 0) is 34.7 Å². The van der Waals surface area contributed by atoms with Crippen molar-refractivity contribution in [2.75, 3.05) is 71.5 Å². The number of nitrogens with one attached hydrogen (secondary N) is 1. The minimum absolute atomic E-state index is 0.151. The summed E-state index contributed by atoms with van der Waals surface area (Å²) in [6, 6.07) is 4.66. The molecule has 1 atom stereocenters. The number of esters is 1. The zero-order valence-corrected chi connectivity index (χ0v) is 27.7. The van der Waals surface area contributed by atoms with Crippen LogP contribution in [0.2, 0.25) is 5.15 Å². The number of piperazine rings is 1. The van der Waals surface area contributed by atoms with Crippen LogP contribution in [-0.4, -0.2) is 121 Å². The molecule has 248 valence electrons.